The molecule has 3 rings (SSSR count). The predicted molar refractivity (Wildman–Crippen MR) is 76.4 cm³/mol. The Morgan fingerprint density at radius 2 is 2.00 bits per heavy atom. The molecule has 1 aromatic carbocycles. The normalized spacial score (nSPS) is 11.1. The molecule has 0 unspecified atom stereocenters. The monoisotopic (exact) mass is 252 g/mol. The molecule has 19 heavy (non-hydrogen) atoms. The molecule has 0 atom stereocenters. The molecule has 0 bridgehead atoms. The van der Waals surface area contributed by atoms with Crippen molar-refractivity contribution in [3.63, 3.8) is 0 Å². The molecule has 0 radical (unpaired) electrons. The van der Waals surface area contributed by atoms with E-state index in [1.807, 2.05) is 46.8 Å². The number of benzene rings is 1. The maximum Gasteiger partial charge on any atom is 0.198 e. The van der Waals surface area contributed by atoms with E-state index in [0.717, 1.165) is 11.2 Å². The van der Waals surface area contributed by atoms with Crippen molar-refractivity contribution in [2.75, 3.05) is 0 Å². The van der Waals surface area contributed by atoms with Gasteiger partial charge in [0.2, 0.25) is 0 Å². The van der Waals surface area contributed by atoms with E-state index in [-0.39, 0.29) is 5.78 Å². The lowest BCUT2D eigenvalue weighted by Crippen LogP contribution is -2.12. The molecule has 0 N–H and O–H groups in total. The first kappa shape index (κ1) is 11.8. The standard InChI is InChI=1S/C16H16N2O/c1-12-5-6-13-7-9-18(15(13)10-12)11-16(19)14-4-3-8-17(14)2/h3-10H,11H2,1-2H3. The Morgan fingerprint density at radius 1 is 1.16 bits per heavy atom. The van der Waals surface area contributed by atoms with Crippen LogP contribution in [0.25, 0.3) is 10.9 Å². The number of rotatable bonds is 3. The fourth-order valence-electron chi connectivity index (χ4n) is 2.42. The molecule has 0 amide bonds. The molecule has 0 aliphatic rings. The quantitative estimate of drug-likeness (QED) is 0.658. The summed E-state index contributed by atoms with van der Waals surface area (Å²) in [4.78, 5) is 12.3. The third-order valence-corrected chi connectivity index (χ3v) is 3.47. The molecule has 96 valence electrons. The molecule has 0 saturated heterocycles. The van der Waals surface area contributed by atoms with Gasteiger partial charge < -0.3 is 9.13 Å². The molecule has 3 heteroatoms. The zero-order valence-electron chi connectivity index (χ0n) is 11.1. The molecule has 3 nitrogen and oxygen atoms in total. The van der Waals surface area contributed by atoms with Gasteiger partial charge in [0.25, 0.3) is 0 Å². The average molecular weight is 252 g/mol. The second-order valence-electron chi connectivity index (χ2n) is 4.93. The van der Waals surface area contributed by atoms with E-state index in [4.69, 9.17) is 0 Å². The summed E-state index contributed by atoms with van der Waals surface area (Å²) in [6.07, 6.45) is 3.87. The minimum atomic E-state index is 0.131. The van der Waals surface area contributed by atoms with Gasteiger partial charge in [-0.3, -0.25) is 4.79 Å². The van der Waals surface area contributed by atoms with Gasteiger partial charge in [-0.1, -0.05) is 12.1 Å². The Kier molecular flexibility index (Phi) is 2.75. The van der Waals surface area contributed by atoms with E-state index in [1.165, 1.54) is 10.9 Å². The Morgan fingerprint density at radius 3 is 2.74 bits per heavy atom. The molecule has 2 heterocycles. The van der Waals surface area contributed by atoms with Crippen molar-refractivity contribution < 1.29 is 4.79 Å². The summed E-state index contributed by atoms with van der Waals surface area (Å²) < 4.78 is 3.87. The van der Waals surface area contributed by atoms with Crippen LogP contribution in [-0.4, -0.2) is 14.9 Å². The van der Waals surface area contributed by atoms with Crippen LogP contribution in [0.5, 0.6) is 0 Å². The first-order valence-corrected chi connectivity index (χ1v) is 6.35. The number of nitrogens with zero attached hydrogens (tertiary/aromatic N) is 2. The summed E-state index contributed by atoms with van der Waals surface area (Å²) in [5.41, 5.74) is 3.07. The molecular weight excluding hydrogens is 236 g/mol. The number of carbonyl (C=O) groups is 1. The lowest BCUT2D eigenvalue weighted by Gasteiger charge is -2.06. The molecule has 0 saturated carbocycles. The lowest BCUT2D eigenvalue weighted by atomic mass is 10.2. The molecule has 0 spiro atoms. The van der Waals surface area contributed by atoms with Crippen LogP contribution in [0.4, 0.5) is 0 Å². The van der Waals surface area contributed by atoms with Crippen molar-refractivity contribution in [2.24, 2.45) is 7.05 Å². The average Bonchev–Trinajstić information content (AvgIpc) is 2.96. The van der Waals surface area contributed by atoms with E-state index in [9.17, 15) is 4.79 Å². The third kappa shape index (κ3) is 2.08. The van der Waals surface area contributed by atoms with Gasteiger partial charge in [-0.2, -0.15) is 0 Å². The minimum absolute atomic E-state index is 0.131. The summed E-state index contributed by atoms with van der Waals surface area (Å²) >= 11 is 0. The SMILES string of the molecule is Cc1ccc2ccn(CC(=O)c3cccn3C)c2c1. The van der Waals surface area contributed by atoms with Gasteiger partial charge in [0, 0.05) is 25.0 Å². The van der Waals surface area contributed by atoms with Gasteiger partial charge in [0.15, 0.2) is 5.78 Å². The van der Waals surface area contributed by atoms with Gasteiger partial charge >= 0.3 is 0 Å². The fourth-order valence-corrected chi connectivity index (χ4v) is 2.42. The maximum absolute atomic E-state index is 12.3. The Labute approximate surface area is 112 Å². The maximum atomic E-state index is 12.3. The number of aromatic nitrogens is 2. The number of hydrogen-bond acceptors (Lipinski definition) is 1. The zero-order chi connectivity index (χ0) is 13.4. The summed E-state index contributed by atoms with van der Waals surface area (Å²) in [5.74, 6) is 0.131. The van der Waals surface area contributed by atoms with E-state index < -0.39 is 0 Å². The van der Waals surface area contributed by atoms with Crippen LogP contribution in [0.2, 0.25) is 0 Å². The number of aryl methyl sites for hydroxylation is 2. The first-order chi connectivity index (χ1) is 9.15. The summed E-state index contributed by atoms with van der Waals surface area (Å²) in [6, 6.07) is 12.1. The fraction of sp³-hybridized carbons (Fsp3) is 0.188. The van der Waals surface area contributed by atoms with Crippen LogP contribution in [0.15, 0.2) is 48.8 Å². The second kappa shape index (κ2) is 4.43. The zero-order valence-corrected chi connectivity index (χ0v) is 11.1. The van der Waals surface area contributed by atoms with Gasteiger partial charge in [0.1, 0.15) is 0 Å². The van der Waals surface area contributed by atoms with Crippen LogP contribution >= 0.6 is 0 Å². The highest BCUT2D eigenvalue weighted by Crippen LogP contribution is 2.18. The van der Waals surface area contributed by atoms with Crippen molar-refractivity contribution in [3.05, 3.63) is 60.0 Å². The lowest BCUT2D eigenvalue weighted by molar-refractivity contribution is 0.0965. The van der Waals surface area contributed by atoms with E-state index in [0.29, 0.717) is 6.54 Å². The minimum Gasteiger partial charge on any atom is -0.348 e. The smallest absolute Gasteiger partial charge is 0.198 e. The van der Waals surface area contributed by atoms with Crippen molar-refractivity contribution in [2.45, 2.75) is 13.5 Å². The molecular formula is C16H16N2O. The largest absolute Gasteiger partial charge is 0.348 e. The highest BCUT2D eigenvalue weighted by atomic mass is 16.1. The van der Waals surface area contributed by atoms with Gasteiger partial charge in [-0.15, -0.1) is 0 Å². The van der Waals surface area contributed by atoms with Crippen LogP contribution < -0.4 is 0 Å². The summed E-state index contributed by atoms with van der Waals surface area (Å²) in [5, 5.41) is 1.17. The topological polar surface area (TPSA) is 26.9 Å². The van der Waals surface area contributed by atoms with Crippen LogP contribution in [0.1, 0.15) is 16.1 Å². The van der Waals surface area contributed by atoms with Gasteiger partial charge in [-0.25, -0.2) is 0 Å². The Balaban J connectivity index is 1.96. The molecule has 2 aromatic heterocycles. The number of carbonyl (C=O) groups excluding carboxylic acids is 1. The van der Waals surface area contributed by atoms with Crippen molar-refractivity contribution in [1.82, 2.24) is 9.13 Å². The number of fused-ring (bicyclic) bond motifs is 1. The first-order valence-electron chi connectivity index (χ1n) is 6.35. The van der Waals surface area contributed by atoms with Crippen molar-refractivity contribution in [3.8, 4) is 0 Å². The van der Waals surface area contributed by atoms with E-state index in [1.54, 1.807) is 0 Å². The van der Waals surface area contributed by atoms with Gasteiger partial charge in [0.05, 0.1) is 12.2 Å². The Bertz CT molecular complexity index is 749. The summed E-state index contributed by atoms with van der Waals surface area (Å²) in [6.45, 7) is 2.45. The van der Waals surface area contributed by atoms with E-state index >= 15 is 0 Å². The number of hydrogen-bond donors (Lipinski definition) is 0. The van der Waals surface area contributed by atoms with Gasteiger partial charge in [-0.05, 0) is 42.1 Å². The van der Waals surface area contributed by atoms with Crippen LogP contribution in [0.3, 0.4) is 0 Å². The molecule has 0 fully saturated rings. The highest BCUT2D eigenvalue weighted by molar-refractivity contribution is 5.95. The predicted octanol–water partition coefficient (Wildman–Crippen LogP) is 3.17. The third-order valence-electron chi connectivity index (χ3n) is 3.47. The second-order valence-corrected chi connectivity index (χ2v) is 4.93. The molecule has 3 aromatic rings. The number of Topliss-reactive ketones (excluding diaryl/α,β-unsaturated/α-hetero) is 1. The highest BCUT2D eigenvalue weighted by Gasteiger charge is 2.11. The Hall–Kier alpha value is -2.29. The van der Waals surface area contributed by atoms with Crippen LogP contribution in [-0.2, 0) is 13.6 Å². The molecule has 0 aliphatic carbocycles. The molecule has 0 aliphatic heterocycles. The van der Waals surface area contributed by atoms with Crippen LogP contribution in [0, 0.1) is 6.92 Å². The summed E-state index contributed by atoms with van der Waals surface area (Å²) in [7, 11) is 1.89. The number of ketones is 1. The van der Waals surface area contributed by atoms with Crippen molar-refractivity contribution in [1.29, 1.82) is 0 Å². The van der Waals surface area contributed by atoms with Crippen molar-refractivity contribution >= 4 is 16.7 Å². The van der Waals surface area contributed by atoms with E-state index in [2.05, 4.69) is 25.1 Å².